The Hall–Kier alpha value is -2.09. The fraction of sp³-hybridized carbons (Fsp3) is 0.214. The Morgan fingerprint density at radius 3 is 2.74 bits per heavy atom. The van der Waals surface area contributed by atoms with Gasteiger partial charge in [0.1, 0.15) is 0 Å². The molecule has 0 spiro atoms. The lowest BCUT2D eigenvalue weighted by atomic mass is 10.1. The van der Waals surface area contributed by atoms with E-state index in [1.54, 1.807) is 17.1 Å². The number of nitrogens with one attached hydrogen (secondary N) is 1. The van der Waals surface area contributed by atoms with E-state index in [2.05, 4.69) is 33.0 Å². The average Bonchev–Trinajstić information content (AvgIpc) is 2.90. The summed E-state index contributed by atoms with van der Waals surface area (Å²) in [6.45, 7) is 0.317. The molecule has 0 aliphatic heterocycles. The first-order chi connectivity index (χ1) is 10.8. The van der Waals surface area contributed by atoms with E-state index in [9.17, 15) is 18.0 Å². The Kier molecular flexibility index (Phi) is 5.25. The lowest BCUT2D eigenvalue weighted by Gasteiger charge is -2.11. The van der Waals surface area contributed by atoms with E-state index in [4.69, 9.17) is 5.26 Å². The van der Waals surface area contributed by atoms with Gasteiger partial charge in [-0.25, -0.2) is 0 Å². The summed E-state index contributed by atoms with van der Waals surface area (Å²) in [6.07, 6.45) is -1.21. The number of carbonyl (C=O) groups is 1. The van der Waals surface area contributed by atoms with Gasteiger partial charge in [0.15, 0.2) is 0 Å². The number of alkyl halides is 3. The Morgan fingerprint density at radius 1 is 1.43 bits per heavy atom. The van der Waals surface area contributed by atoms with Crippen LogP contribution < -0.4 is 5.32 Å². The second kappa shape index (κ2) is 6.99. The summed E-state index contributed by atoms with van der Waals surface area (Å²) in [4.78, 5) is 11.8. The Morgan fingerprint density at radius 2 is 2.17 bits per heavy atom. The van der Waals surface area contributed by atoms with Crippen LogP contribution in [0.3, 0.4) is 0 Å². The summed E-state index contributed by atoms with van der Waals surface area (Å²) in [7, 11) is 0. The first-order valence-corrected chi connectivity index (χ1v) is 7.46. The van der Waals surface area contributed by atoms with Crippen molar-refractivity contribution in [3.8, 4) is 6.07 Å². The highest BCUT2D eigenvalue weighted by Gasteiger charge is 2.33. The van der Waals surface area contributed by atoms with Crippen LogP contribution in [-0.4, -0.2) is 15.7 Å². The van der Waals surface area contributed by atoms with Gasteiger partial charge in [-0.2, -0.15) is 23.5 Å². The van der Waals surface area contributed by atoms with Crippen LogP contribution in [0.5, 0.6) is 0 Å². The number of nitriles is 1. The number of anilines is 1. The molecule has 2 aromatic rings. The van der Waals surface area contributed by atoms with Crippen molar-refractivity contribution in [2.24, 2.45) is 0 Å². The lowest BCUT2D eigenvalue weighted by Crippen LogP contribution is -2.16. The fourth-order valence-corrected chi connectivity index (χ4v) is 2.30. The standard InChI is InChI=1S/C14H10F3IN4O/c15-14(16,17)12-5-11(2-1-9(12)6-19)21-13(23)3-4-22-8-10(18)7-20-22/h1-2,5,7-8H,3-4H2,(H,21,23). The second-order valence-corrected chi connectivity index (χ2v) is 5.84. The molecule has 5 nitrogen and oxygen atoms in total. The number of benzene rings is 1. The molecule has 9 heteroatoms. The van der Waals surface area contributed by atoms with Gasteiger partial charge in [-0.1, -0.05) is 0 Å². The van der Waals surface area contributed by atoms with Crippen molar-refractivity contribution in [3.05, 3.63) is 45.3 Å². The molecule has 0 aliphatic carbocycles. The molecule has 0 atom stereocenters. The van der Waals surface area contributed by atoms with E-state index in [1.165, 1.54) is 12.1 Å². The number of amides is 1. The number of aromatic nitrogens is 2. The van der Waals surface area contributed by atoms with Crippen LogP contribution in [0.4, 0.5) is 18.9 Å². The van der Waals surface area contributed by atoms with Crippen molar-refractivity contribution in [2.45, 2.75) is 19.1 Å². The highest BCUT2D eigenvalue weighted by atomic mass is 127. The summed E-state index contributed by atoms with van der Waals surface area (Å²) >= 11 is 2.08. The van der Waals surface area contributed by atoms with Crippen molar-refractivity contribution < 1.29 is 18.0 Å². The van der Waals surface area contributed by atoms with Gasteiger partial charge in [-0.05, 0) is 40.8 Å². The molecule has 0 saturated carbocycles. The maximum Gasteiger partial charge on any atom is 0.417 e. The second-order valence-electron chi connectivity index (χ2n) is 4.59. The molecule has 1 amide bonds. The maximum absolute atomic E-state index is 12.8. The fourth-order valence-electron chi connectivity index (χ4n) is 1.85. The molecule has 1 heterocycles. The summed E-state index contributed by atoms with van der Waals surface area (Å²) in [5, 5.41) is 15.1. The molecular formula is C14H10F3IN4O. The van der Waals surface area contributed by atoms with E-state index in [1.807, 2.05) is 0 Å². The van der Waals surface area contributed by atoms with E-state index in [0.29, 0.717) is 6.54 Å². The molecule has 23 heavy (non-hydrogen) atoms. The predicted octanol–water partition coefficient (Wildman–Crippen LogP) is 3.41. The molecule has 0 bridgehead atoms. The van der Waals surface area contributed by atoms with Gasteiger partial charge in [0, 0.05) is 24.8 Å². The van der Waals surface area contributed by atoms with Crippen LogP contribution in [0.25, 0.3) is 0 Å². The topological polar surface area (TPSA) is 70.7 Å². The van der Waals surface area contributed by atoms with Crippen LogP contribution in [0.15, 0.2) is 30.6 Å². The van der Waals surface area contributed by atoms with E-state index in [0.717, 1.165) is 15.7 Å². The zero-order chi connectivity index (χ0) is 17.0. The highest BCUT2D eigenvalue weighted by Crippen LogP contribution is 2.33. The number of carbonyl (C=O) groups excluding carboxylic acids is 1. The van der Waals surface area contributed by atoms with Crippen molar-refractivity contribution in [2.75, 3.05) is 5.32 Å². The maximum atomic E-state index is 12.8. The summed E-state index contributed by atoms with van der Waals surface area (Å²) < 4.78 is 41.0. The van der Waals surface area contributed by atoms with E-state index < -0.39 is 23.2 Å². The van der Waals surface area contributed by atoms with Crippen LogP contribution in [-0.2, 0) is 17.5 Å². The van der Waals surface area contributed by atoms with E-state index in [-0.39, 0.29) is 12.1 Å². The summed E-state index contributed by atoms with van der Waals surface area (Å²) in [6, 6.07) is 4.55. The Bertz CT molecular complexity index is 764. The molecule has 0 aliphatic rings. The first kappa shape index (κ1) is 17.3. The molecule has 1 N–H and O–H groups in total. The molecule has 1 aromatic heterocycles. The van der Waals surface area contributed by atoms with Gasteiger partial charge in [0.05, 0.1) is 27.0 Å². The minimum absolute atomic E-state index is 0.00336. The van der Waals surface area contributed by atoms with Gasteiger partial charge in [0.25, 0.3) is 0 Å². The van der Waals surface area contributed by atoms with Gasteiger partial charge in [-0.3, -0.25) is 9.48 Å². The zero-order valence-corrected chi connectivity index (χ0v) is 13.7. The number of nitrogens with zero attached hydrogens (tertiary/aromatic N) is 3. The summed E-state index contributed by atoms with van der Waals surface area (Å²) in [5.41, 5.74) is -1.56. The van der Waals surface area contributed by atoms with E-state index >= 15 is 0 Å². The molecule has 0 saturated heterocycles. The molecule has 2 rings (SSSR count). The number of halogens is 4. The van der Waals surface area contributed by atoms with Crippen LogP contribution in [0, 0.1) is 14.9 Å². The number of hydrogen-bond donors (Lipinski definition) is 1. The predicted molar refractivity (Wildman–Crippen MR) is 84.3 cm³/mol. The first-order valence-electron chi connectivity index (χ1n) is 6.39. The molecule has 0 unspecified atom stereocenters. The Balaban J connectivity index is 2.05. The average molecular weight is 434 g/mol. The minimum Gasteiger partial charge on any atom is -0.326 e. The van der Waals surface area contributed by atoms with Crippen LogP contribution in [0.1, 0.15) is 17.5 Å². The number of hydrogen-bond acceptors (Lipinski definition) is 3. The zero-order valence-electron chi connectivity index (χ0n) is 11.6. The minimum atomic E-state index is -4.66. The largest absolute Gasteiger partial charge is 0.417 e. The van der Waals surface area contributed by atoms with Crippen molar-refractivity contribution in [1.82, 2.24) is 9.78 Å². The molecule has 0 radical (unpaired) electrons. The molecule has 0 fully saturated rings. The van der Waals surface area contributed by atoms with Gasteiger partial charge >= 0.3 is 6.18 Å². The van der Waals surface area contributed by atoms with Crippen molar-refractivity contribution in [3.63, 3.8) is 0 Å². The smallest absolute Gasteiger partial charge is 0.326 e. The molecule has 120 valence electrons. The van der Waals surface area contributed by atoms with Gasteiger partial charge < -0.3 is 5.32 Å². The SMILES string of the molecule is N#Cc1ccc(NC(=O)CCn2cc(I)cn2)cc1C(F)(F)F. The normalized spacial score (nSPS) is 11.1. The lowest BCUT2D eigenvalue weighted by molar-refractivity contribution is -0.137. The summed E-state index contributed by atoms with van der Waals surface area (Å²) in [5.74, 6) is -0.437. The number of aryl methyl sites for hydroxylation is 1. The van der Waals surface area contributed by atoms with Gasteiger partial charge in [-0.15, -0.1) is 0 Å². The van der Waals surface area contributed by atoms with Crippen molar-refractivity contribution >= 4 is 34.2 Å². The quantitative estimate of drug-likeness (QED) is 0.751. The number of rotatable bonds is 4. The van der Waals surface area contributed by atoms with Crippen LogP contribution >= 0.6 is 22.6 Å². The third kappa shape index (κ3) is 4.69. The van der Waals surface area contributed by atoms with Crippen LogP contribution in [0.2, 0.25) is 0 Å². The highest BCUT2D eigenvalue weighted by molar-refractivity contribution is 14.1. The molecular weight excluding hydrogens is 424 g/mol. The third-order valence-electron chi connectivity index (χ3n) is 2.90. The Labute approximate surface area is 143 Å². The third-order valence-corrected chi connectivity index (χ3v) is 3.46. The molecule has 1 aromatic carbocycles. The van der Waals surface area contributed by atoms with Gasteiger partial charge in [0.2, 0.25) is 5.91 Å². The van der Waals surface area contributed by atoms with Crippen molar-refractivity contribution in [1.29, 1.82) is 5.26 Å². The monoisotopic (exact) mass is 434 g/mol.